The van der Waals surface area contributed by atoms with Gasteiger partial charge in [-0.1, -0.05) is 27.7 Å². The molecular weight excluding hydrogens is 244 g/mol. The fourth-order valence-electron chi connectivity index (χ4n) is 1.98. The van der Waals surface area contributed by atoms with Crippen LogP contribution in [-0.2, 0) is 16.1 Å². The maximum atomic E-state index is 12.4. The van der Waals surface area contributed by atoms with Crippen molar-refractivity contribution in [3.63, 3.8) is 0 Å². The highest BCUT2D eigenvalue weighted by Gasteiger charge is 2.18. The second-order valence-corrected chi connectivity index (χ2v) is 5.09. The molecule has 0 bridgehead atoms. The quantitative estimate of drug-likeness (QED) is 0.765. The first kappa shape index (κ1) is 15.4. The molecule has 0 aliphatic carbocycles. The van der Waals surface area contributed by atoms with Crippen LogP contribution in [0, 0.1) is 0 Å². The van der Waals surface area contributed by atoms with Crippen molar-refractivity contribution >= 4 is 5.97 Å². The molecule has 0 amide bonds. The summed E-state index contributed by atoms with van der Waals surface area (Å²) in [5, 5.41) is 0. The van der Waals surface area contributed by atoms with Gasteiger partial charge in [0.05, 0.1) is 18.6 Å². The average molecular weight is 266 g/mol. The maximum Gasteiger partial charge on any atom is 0.326 e. The Morgan fingerprint density at radius 1 is 1.32 bits per heavy atom. The summed E-state index contributed by atoms with van der Waals surface area (Å²) in [6, 6.07) is 0. The fraction of sp³-hybridized carbons (Fsp3) is 0.643. The first-order valence-corrected chi connectivity index (χ1v) is 6.63. The molecule has 0 aliphatic heterocycles. The number of carbonyl (C=O) groups excluding carboxylic acids is 1. The first-order chi connectivity index (χ1) is 8.88. The largest absolute Gasteiger partial charge is 0.465 e. The van der Waals surface area contributed by atoms with Crippen LogP contribution in [-0.4, -0.2) is 22.1 Å². The summed E-state index contributed by atoms with van der Waals surface area (Å²) in [7, 11) is 0. The van der Waals surface area contributed by atoms with E-state index in [1.54, 1.807) is 6.92 Å². The monoisotopic (exact) mass is 266 g/mol. The Hall–Kier alpha value is -1.65. The highest BCUT2D eigenvalue weighted by Crippen LogP contribution is 2.20. The van der Waals surface area contributed by atoms with Crippen molar-refractivity contribution < 1.29 is 9.53 Å². The first-order valence-electron chi connectivity index (χ1n) is 6.63. The molecule has 0 aromatic carbocycles. The van der Waals surface area contributed by atoms with Gasteiger partial charge in [-0.15, -0.1) is 0 Å². The summed E-state index contributed by atoms with van der Waals surface area (Å²) in [4.78, 5) is 28.2. The highest BCUT2D eigenvalue weighted by atomic mass is 16.5. The predicted octanol–water partition coefficient (Wildman–Crippen LogP) is 2.05. The number of rotatable bonds is 5. The van der Waals surface area contributed by atoms with Crippen molar-refractivity contribution in [1.82, 2.24) is 9.55 Å². The van der Waals surface area contributed by atoms with Crippen LogP contribution in [0.15, 0.2) is 11.1 Å². The van der Waals surface area contributed by atoms with E-state index in [1.807, 2.05) is 27.7 Å². The lowest BCUT2D eigenvalue weighted by Gasteiger charge is -2.16. The van der Waals surface area contributed by atoms with E-state index in [0.717, 1.165) is 5.69 Å². The SMILES string of the molecule is CCOC(=O)Cn1cnc(C(C)C)c(C(C)C)c1=O. The Bertz CT molecular complexity index is 504. The van der Waals surface area contributed by atoms with Gasteiger partial charge in [-0.2, -0.15) is 0 Å². The van der Waals surface area contributed by atoms with Crippen LogP contribution < -0.4 is 5.56 Å². The van der Waals surface area contributed by atoms with E-state index in [4.69, 9.17) is 4.74 Å². The van der Waals surface area contributed by atoms with Crippen molar-refractivity contribution in [3.8, 4) is 0 Å². The third kappa shape index (κ3) is 3.66. The van der Waals surface area contributed by atoms with E-state index < -0.39 is 5.97 Å². The van der Waals surface area contributed by atoms with Gasteiger partial charge in [0.15, 0.2) is 0 Å². The molecule has 1 aromatic heterocycles. The summed E-state index contributed by atoms with van der Waals surface area (Å²) in [6.07, 6.45) is 1.43. The zero-order valence-corrected chi connectivity index (χ0v) is 12.3. The molecule has 0 spiro atoms. The van der Waals surface area contributed by atoms with Gasteiger partial charge in [0, 0.05) is 5.56 Å². The molecule has 1 aromatic rings. The van der Waals surface area contributed by atoms with Gasteiger partial charge in [-0.3, -0.25) is 14.2 Å². The molecule has 0 saturated heterocycles. The number of aromatic nitrogens is 2. The van der Waals surface area contributed by atoms with Crippen LogP contribution >= 0.6 is 0 Å². The van der Waals surface area contributed by atoms with Gasteiger partial charge in [0.1, 0.15) is 6.54 Å². The summed E-state index contributed by atoms with van der Waals surface area (Å²) in [5.74, 6) is -0.159. The lowest BCUT2D eigenvalue weighted by Crippen LogP contribution is -2.30. The Kier molecular flexibility index (Phi) is 5.27. The zero-order valence-electron chi connectivity index (χ0n) is 12.3. The van der Waals surface area contributed by atoms with E-state index in [2.05, 4.69) is 4.98 Å². The lowest BCUT2D eigenvalue weighted by molar-refractivity contribution is -0.143. The number of carbonyl (C=O) groups is 1. The maximum absolute atomic E-state index is 12.4. The second kappa shape index (κ2) is 6.50. The van der Waals surface area contributed by atoms with Crippen molar-refractivity contribution in [2.45, 2.75) is 53.0 Å². The minimum atomic E-state index is -0.418. The molecule has 1 heterocycles. The van der Waals surface area contributed by atoms with E-state index >= 15 is 0 Å². The van der Waals surface area contributed by atoms with Crippen LogP contribution in [0.1, 0.15) is 57.7 Å². The van der Waals surface area contributed by atoms with Gasteiger partial charge in [0.2, 0.25) is 0 Å². The molecule has 1 rings (SSSR count). The van der Waals surface area contributed by atoms with Crippen molar-refractivity contribution in [2.75, 3.05) is 6.61 Å². The fourth-order valence-corrected chi connectivity index (χ4v) is 1.98. The van der Waals surface area contributed by atoms with Crippen molar-refractivity contribution in [1.29, 1.82) is 0 Å². The van der Waals surface area contributed by atoms with Crippen LogP contribution in [0.3, 0.4) is 0 Å². The standard InChI is InChI=1S/C14H22N2O3/c1-6-19-11(17)7-16-8-15-13(10(4)5)12(9(2)3)14(16)18/h8-10H,6-7H2,1-5H3. The molecule has 0 unspecified atom stereocenters. The van der Waals surface area contributed by atoms with Gasteiger partial charge in [-0.05, 0) is 18.8 Å². The third-order valence-electron chi connectivity index (χ3n) is 2.83. The van der Waals surface area contributed by atoms with E-state index in [9.17, 15) is 9.59 Å². The summed E-state index contributed by atoms with van der Waals surface area (Å²) >= 11 is 0. The van der Waals surface area contributed by atoms with Crippen LogP contribution in [0.2, 0.25) is 0 Å². The number of esters is 1. The van der Waals surface area contributed by atoms with Crippen LogP contribution in [0.25, 0.3) is 0 Å². The molecule has 0 atom stereocenters. The van der Waals surface area contributed by atoms with E-state index in [-0.39, 0.29) is 23.9 Å². The molecule has 106 valence electrons. The Labute approximate surface area is 113 Å². The predicted molar refractivity (Wildman–Crippen MR) is 73.3 cm³/mol. The van der Waals surface area contributed by atoms with Gasteiger partial charge in [-0.25, -0.2) is 4.98 Å². The Morgan fingerprint density at radius 3 is 2.42 bits per heavy atom. The summed E-state index contributed by atoms with van der Waals surface area (Å²) < 4.78 is 6.17. The van der Waals surface area contributed by atoms with Crippen molar-refractivity contribution in [3.05, 3.63) is 27.9 Å². The highest BCUT2D eigenvalue weighted by molar-refractivity contribution is 5.69. The summed E-state index contributed by atoms with van der Waals surface area (Å²) in [6.45, 7) is 9.88. The minimum absolute atomic E-state index is 0.0760. The Morgan fingerprint density at radius 2 is 1.95 bits per heavy atom. The third-order valence-corrected chi connectivity index (χ3v) is 2.83. The summed E-state index contributed by atoms with van der Waals surface area (Å²) in [5.41, 5.74) is 1.34. The molecule has 0 aliphatic rings. The number of hydrogen-bond acceptors (Lipinski definition) is 4. The normalized spacial score (nSPS) is 11.1. The molecule has 19 heavy (non-hydrogen) atoms. The topological polar surface area (TPSA) is 61.2 Å². The Balaban J connectivity index is 3.20. The number of nitrogens with zero attached hydrogens (tertiary/aromatic N) is 2. The molecule has 5 nitrogen and oxygen atoms in total. The van der Waals surface area contributed by atoms with Gasteiger partial charge >= 0.3 is 5.97 Å². The zero-order chi connectivity index (χ0) is 14.6. The minimum Gasteiger partial charge on any atom is -0.465 e. The van der Waals surface area contributed by atoms with E-state index in [0.29, 0.717) is 12.2 Å². The molecule has 0 N–H and O–H groups in total. The van der Waals surface area contributed by atoms with Crippen LogP contribution in [0.4, 0.5) is 0 Å². The molecule has 0 radical (unpaired) electrons. The molecule has 5 heteroatoms. The van der Waals surface area contributed by atoms with E-state index in [1.165, 1.54) is 10.9 Å². The molecular formula is C14H22N2O3. The lowest BCUT2D eigenvalue weighted by atomic mass is 9.96. The van der Waals surface area contributed by atoms with Gasteiger partial charge < -0.3 is 4.74 Å². The number of ether oxygens (including phenoxy) is 1. The van der Waals surface area contributed by atoms with Crippen LogP contribution in [0.5, 0.6) is 0 Å². The number of hydrogen-bond donors (Lipinski definition) is 0. The van der Waals surface area contributed by atoms with Gasteiger partial charge in [0.25, 0.3) is 5.56 Å². The smallest absolute Gasteiger partial charge is 0.326 e. The average Bonchev–Trinajstić information content (AvgIpc) is 2.30. The molecule has 0 saturated carbocycles. The molecule has 0 fully saturated rings. The van der Waals surface area contributed by atoms with Crippen molar-refractivity contribution in [2.24, 2.45) is 0 Å². The second-order valence-electron chi connectivity index (χ2n) is 5.09.